The molecule has 0 radical (unpaired) electrons. The van der Waals surface area contributed by atoms with E-state index < -0.39 is 0 Å². The quantitative estimate of drug-likeness (QED) is 0.920. The van der Waals surface area contributed by atoms with Crippen LogP contribution in [0.1, 0.15) is 45.7 Å². The van der Waals surface area contributed by atoms with Gasteiger partial charge in [0.2, 0.25) is 0 Å². The van der Waals surface area contributed by atoms with E-state index in [1.165, 1.54) is 11.3 Å². The second-order valence-corrected chi connectivity index (χ2v) is 6.42. The molecule has 2 aromatic rings. The summed E-state index contributed by atoms with van der Waals surface area (Å²) >= 11 is 1.40. The predicted molar refractivity (Wildman–Crippen MR) is 77.8 cm³/mol. The van der Waals surface area contributed by atoms with Crippen LogP contribution in [0, 0.1) is 19.8 Å². The first-order valence-corrected chi connectivity index (χ1v) is 7.44. The number of nitrogens with zero attached hydrogens (tertiary/aromatic N) is 2. The lowest BCUT2D eigenvalue weighted by Gasteiger charge is -2.00. The molecule has 1 amide bonds. The molecule has 0 fully saturated rings. The van der Waals surface area contributed by atoms with E-state index in [-0.39, 0.29) is 5.91 Å². The lowest BCUT2D eigenvalue weighted by Crippen LogP contribution is -2.22. The Morgan fingerprint density at radius 1 is 1.45 bits per heavy atom. The molecule has 0 aromatic carbocycles. The van der Waals surface area contributed by atoms with Gasteiger partial charge in [-0.05, 0) is 26.2 Å². The van der Waals surface area contributed by atoms with Gasteiger partial charge >= 0.3 is 0 Å². The van der Waals surface area contributed by atoms with Crippen LogP contribution in [-0.4, -0.2) is 16.0 Å². The van der Waals surface area contributed by atoms with Crippen molar-refractivity contribution in [3.05, 3.63) is 33.1 Å². The van der Waals surface area contributed by atoms with Crippen molar-refractivity contribution in [2.45, 2.75) is 40.7 Å². The van der Waals surface area contributed by atoms with E-state index in [1.807, 2.05) is 19.9 Å². The average molecular weight is 293 g/mol. The molecular formula is C14H19N3O2S. The fraction of sp³-hybridized carbons (Fsp3) is 0.500. The smallest absolute Gasteiger partial charge is 0.263 e. The molecule has 0 aliphatic rings. The van der Waals surface area contributed by atoms with E-state index in [1.54, 1.807) is 0 Å². The molecule has 0 aliphatic carbocycles. The van der Waals surface area contributed by atoms with Gasteiger partial charge in [0.05, 0.1) is 22.9 Å². The summed E-state index contributed by atoms with van der Waals surface area (Å²) in [7, 11) is 0. The van der Waals surface area contributed by atoms with Gasteiger partial charge in [-0.2, -0.15) is 0 Å². The monoisotopic (exact) mass is 293 g/mol. The van der Waals surface area contributed by atoms with Crippen molar-refractivity contribution in [3.63, 3.8) is 0 Å². The lowest BCUT2D eigenvalue weighted by molar-refractivity contribution is 0.0950. The highest BCUT2D eigenvalue weighted by atomic mass is 32.1. The van der Waals surface area contributed by atoms with Crippen LogP contribution in [-0.2, 0) is 13.0 Å². The SMILES string of the molecule is Cc1nc(C)c(C(=O)NCc2cc(CC(C)C)no2)s1. The fourth-order valence-electron chi connectivity index (χ4n) is 1.94. The third-order valence-electron chi connectivity index (χ3n) is 2.76. The van der Waals surface area contributed by atoms with Crippen molar-refractivity contribution in [1.29, 1.82) is 0 Å². The normalized spacial score (nSPS) is 11.1. The van der Waals surface area contributed by atoms with Crippen LogP contribution in [0.25, 0.3) is 0 Å². The van der Waals surface area contributed by atoms with Crippen molar-refractivity contribution in [3.8, 4) is 0 Å². The molecule has 0 atom stereocenters. The molecule has 20 heavy (non-hydrogen) atoms. The Morgan fingerprint density at radius 2 is 2.20 bits per heavy atom. The van der Waals surface area contributed by atoms with Crippen LogP contribution in [0.5, 0.6) is 0 Å². The summed E-state index contributed by atoms with van der Waals surface area (Å²) in [6, 6.07) is 1.89. The van der Waals surface area contributed by atoms with Crippen LogP contribution in [0.4, 0.5) is 0 Å². The summed E-state index contributed by atoms with van der Waals surface area (Å²) in [6.45, 7) is 8.34. The number of thiazole rings is 1. The fourth-order valence-corrected chi connectivity index (χ4v) is 2.78. The Hall–Kier alpha value is -1.69. The molecule has 6 heteroatoms. The Morgan fingerprint density at radius 3 is 2.80 bits per heavy atom. The maximum absolute atomic E-state index is 12.0. The Kier molecular flexibility index (Phi) is 4.54. The van der Waals surface area contributed by atoms with E-state index in [0.29, 0.717) is 23.1 Å². The maximum atomic E-state index is 12.0. The minimum absolute atomic E-state index is 0.116. The van der Waals surface area contributed by atoms with E-state index in [0.717, 1.165) is 22.8 Å². The molecule has 0 spiro atoms. The number of amides is 1. The van der Waals surface area contributed by atoms with Crippen molar-refractivity contribution < 1.29 is 9.32 Å². The van der Waals surface area contributed by atoms with Gasteiger partial charge in [-0.25, -0.2) is 4.98 Å². The van der Waals surface area contributed by atoms with E-state index in [9.17, 15) is 4.79 Å². The van der Waals surface area contributed by atoms with E-state index in [2.05, 4.69) is 29.3 Å². The van der Waals surface area contributed by atoms with Gasteiger partial charge in [-0.1, -0.05) is 19.0 Å². The number of aromatic nitrogens is 2. The lowest BCUT2D eigenvalue weighted by atomic mass is 10.1. The van der Waals surface area contributed by atoms with Crippen molar-refractivity contribution in [1.82, 2.24) is 15.5 Å². The molecule has 108 valence electrons. The second-order valence-electron chi connectivity index (χ2n) is 5.21. The summed E-state index contributed by atoms with van der Waals surface area (Å²) in [5, 5.41) is 7.72. The molecular weight excluding hydrogens is 274 g/mol. The average Bonchev–Trinajstić information content (AvgIpc) is 2.92. The second kappa shape index (κ2) is 6.17. The number of hydrogen-bond acceptors (Lipinski definition) is 5. The van der Waals surface area contributed by atoms with Crippen LogP contribution in [0.15, 0.2) is 10.6 Å². The molecule has 0 saturated heterocycles. The van der Waals surface area contributed by atoms with E-state index >= 15 is 0 Å². The van der Waals surface area contributed by atoms with Gasteiger partial charge in [0.25, 0.3) is 5.91 Å². The van der Waals surface area contributed by atoms with E-state index in [4.69, 9.17) is 4.52 Å². The zero-order valence-electron chi connectivity index (χ0n) is 12.2. The summed E-state index contributed by atoms with van der Waals surface area (Å²) < 4.78 is 5.21. The number of aryl methyl sites for hydroxylation is 2. The van der Waals surface area contributed by atoms with Gasteiger partial charge in [0.1, 0.15) is 4.88 Å². The first kappa shape index (κ1) is 14.7. The third kappa shape index (κ3) is 3.66. The van der Waals surface area contributed by atoms with Crippen molar-refractivity contribution >= 4 is 17.2 Å². The summed E-state index contributed by atoms with van der Waals surface area (Å²) in [6.07, 6.45) is 0.880. The maximum Gasteiger partial charge on any atom is 0.263 e. The first-order chi connectivity index (χ1) is 9.45. The van der Waals surface area contributed by atoms with Crippen LogP contribution in [0.2, 0.25) is 0 Å². The number of carbonyl (C=O) groups excluding carboxylic acids is 1. The molecule has 0 saturated carbocycles. The topological polar surface area (TPSA) is 68.0 Å². The molecule has 0 unspecified atom stereocenters. The van der Waals surface area contributed by atoms with Crippen molar-refractivity contribution in [2.24, 2.45) is 5.92 Å². The van der Waals surface area contributed by atoms with Gasteiger partial charge in [-0.3, -0.25) is 4.79 Å². The Bertz CT molecular complexity index is 601. The van der Waals surface area contributed by atoms with Crippen molar-refractivity contribution in [2.75, 3.05) is 0 Å². The molecule has 2 rings (SSSR count). The van der Waals surface area contributed by atoms with Gasteiger partial charge in [0, 0.05) is 6.07 Å². The minimum Gasteiger partial charge on any atom is -0.359 e. The summed E-state index contributed by atoms with van der Waals surface area (Å²) in [5.41, 5.74) is 1.69. The highest BCUT2D eigenvalue weighted by Gasteiger charge is 2.14. The van der Waals surface area contributed by atoms with Gasteiger partial charge in [-0.15, -0.1) is 11.3 Å². The van der Waals surface area contributed by atoms with Crippen LogP contribution in [0.3, 0.4) is 0 Å². The minimum atomic E-state index is -0.116. The molecule has 0 aliphatic heterocycles. The number of nitrogens with one attached hydrogen (secondary N) is 1. The first-order valence-electron chi connectivity index (χ1n) is 6.62. The van der Waals surface area contributed by atoms with Gasteiger partial charge < -0.3 is 9.84 Å². The third-order valence-corrected chi connectivity index (χ3v) is 3.83. The number of rotatable bonds is 5. The number of carbonyl (C=O) groups is 1. The standard InChI is InChI=1S/C14H19N3O2S/c1-8(2)5-11-6-12(19-17-11)7-15-14(18)13-9(3)16-10(4)20-13/h6,8H,5,7H2,1-4H3,(H,15,18). The molecule has 1 N–H and O–H groups in total. The molecule has 0 bridgehead atoms. The van der Waals surface area contributed by atoms with Gasteiger partial charge in [0.15, 0.2) is 5.76 Å². The highest BCUT2D eigenvalue weighted by Crippen LogP contribution is 2.17. The molecule has 2 aromatic heterocycles. The Balaban J connectivity index is 1.93. The number of hydrogen-bond donors (Lipinski definition) is 1. The Labute approximate surface area is 122 Å². The zero-order chi connectivity index (χ0) is 14.7. The largest absolute Gasteiger partial charge is 0.359 e. The molecule has 5 nitrogen and oxygen atoms in total. The summed E-state index contributed by atoms with van der Waals surface area (Å²) in [4.78, 5) is 16.9. The molecule has 2 heterocycles. The van der Waals surface area contributed by atoms with Crippen LogP contribution < -0.4 is 5.32 Å². The summed E-state index contributed by atoms with van der Waals surface area (Å²) in [5.74, 6) is 1.09. The highest BCUT2D eigenvalue weighted by molar-refractivity contribution is 7.13. The zero-order valence-corrected chi connectivity index (χ0v) is 13.0. The predicted octanol–water partition coefficient (Wildman–Crippen LogP) is 2.88. The van der Waals surface area contributed by atoms with Crippen LogP contribution >= 0.6 is 11.3 Å².